The zero-order valence-electron chi connectivity index (χ0n) is 19.7. The highest BCUT2D eigenvalue weighted by Crippen LogP contribution is 2.44. The predicted molar refractivity (Wildman–Crippen MR) is 128 cm³/mol. The molecule has 0 saturated heterocycles. The molecule has 0 aliphatic heterocycles. The molecule has 2 aliphatic rings. The molecule has 0 heterocycles. The number of benzene rings is 2. The summed E-state index contributed by atoms with van der Waals surface area (Å²) in [5, 5.41) is 14.9. The zero-order valence-corrected chi connectivity index (χ0v) is 19.7. The van der Waals surface area contributed by atoms with E-state index in [1.54, 1.807) is 0 Å². The number of carbonyl (C=O) groups excluding carboxylic acids is 2. The third-order valence-corrected chi connectivity index (χ3v) is 7.27. The Hall–Kier alpha value is -3.35. The molecule has 0 radical (unpaired) electrons. The number of amides is 2. The molecule has 3 N–H and O–H groups in total. The standard InChI is InChI=1S/C27H32N2O5/c1-3-17(2)15-23(24(30)31)28-25(32)27(13-8-14-27)29-26(33)34-16-22-20-11-6-4-9-18(20)19-10-5-7-12-21(19)22/h4-7,9-12,17,22-23H,3,8,13-16H2,1-2H3,(H,28,32)(H,29,33)(H,30,31). The number of aliphatic carboxylic acids is 1. The maximum absolute atomic E-state index is 13.0. The molecule has 2 aromatic carbocycles. The van der Waals surface area contributed by atoms with E-state index in [4.69, 9.17) is 4.74 Å². The normalized spacial score (nSPS) is 17.5. The van der Waals surface area contributed by atoms with Crippen molar-refractivity contribution in [2.24, 2.45) is 5.92 Å². The summed E-state index contributed by atoms with van der Waals surface area (Å²) in [5.41, 5.74) is 3.39. The second-order valence-corrected chi connectivity index (χ2v) is 9.50. The van der Waals surface area contributed by atoms with Gasteiger partial charge in [-0.25, -0.2) is 9.59 Å². The summed E-state index contributed by atoms with van der Waals surface area (Å²) >= 11 is 0. The minimum Gasteiger partial charge on any atom is -0.480 e. The average Bonchev–Trinajstić information content (AvgIpc) is 3.13. The number of fused-ring (bicyclic) bond motifs is 3. The van der Waals surface area contributed by atoms with Gasteiger partial charge < -0.3 is 20.5 Å². The highest BCUT2D eigenvalue weighted by Gasteiger charge is 2.47. The zero-order chi connectivity index (χ0) is 24.3. The van der Waals surface area contributed by atoms with E-state index in [9.17, 15) is 19.5 Å². The fourth-order valence-corrected chi connectivity index (χ4v) is 4.86. The Bertz CT molecular complexity index is 1030. The maximum Gasteiger partial charge on any atom is 0.408 e. The molecule has 4 rings (SSSR count). The molecule has 0 spiro atoms. The summed E-state index contributed by atoms with van der Waals surface area (Å²) < 4.78 is 5.61. The largest absolute Gasteiger partial charge is 0.480 e. The first kappa shape index (κ1) is 23.8. The van der Waals surface area contributed by atoms with Gasteiger partial charge in [-0.05, 0) is 53.9 Å². The van der Waals surface area contributed by atoms with Crippen molar-refractivity contribution in [1.82, 2.24) is 10.6 Å². The van der Waals surface area contributed by atoms with Gasteiger partial charge in [-0.1, -0.05) is 68.8 Å². The van der Waals surface area contributed by atoms with Crippen molar-refractivity contribution in [3.8, 4) is 11.1 Å². The minimum absolute atomic E-state index is 0.0729. The van der Waals surface area contributed by atoms with E-state index in [0.29, 0.717) is 19.3 Å². The van der Waals surface area contributed by atoms with Gasteiger partial charge in [0.15, 0.2) is 0 Å². The van der Waals surface area contributed by atoms with E-state index in [1.165, 1.54) is 0 Å². The van der Waals surface area contributed by atoms with Crippen molar-refractivity contribution in [3.63, 3.8) is 0 Å². The fourth-order valence-electron chi connectivity index (χ4n) is 4.86. The van der Waals surface area contributed by atoms with Crippen LogP contribution in [0.2, 0.25) is 0 Å². The molecule has 2 atom stereocenters. The average molecular weight is 465 g/mol. The van der Waals surface area contributed by atoms with Gasteiger partial charge in [-0.15, -0.1) is 0 Å². The fraction of sp³-hybridized carbons (Fsp3) is 0.444. The van der Waals surface area contributed by atoms with E-state index in [2.05, 4.69) is 22.8 Å². The summed E-state index contributed by atoms with van der Waals surface area (Å²) in [6, 6.07) is 15.2. The molecule has 2 unspecified atom stereocenters. The number of carbonyl (C=O) groups is 3. The summed E-state index contributed by atoms with van der Waals surface area (Å²) in [6.07, 6.45) is 2.20. The van der Waals surface area contributed by atoms with Crippen LogP contribution in [0.3, 0.4) is 0 Å². The van der Waals surface area contributed by atoms with Crippen molar-refractivity contribution in [2.75, 3.05) is 6.61 Å². The lowest BCUT2D eigenvalue weighted by Crippen LogP contribution is -2.64. The summed E-state index contributed by atoms with van der Waals surface area (Å²) in [6.45, 7) is 4.09. The SMILES string of the molecule is CCC(C)CC(NC(=O)C1(NC(=O)OCC2c3ccccc3-c3ccccc32)CCC1)C(=O)O. The van der Waals surface area contributed by atoms with Crippen LogP contribution < -0.4 is 10.6 Å². The molecule has 0 aromatic heterocycles. The number of hydrogen-bond acceptors (Lipinski definition) is 4. The molecular formula is C27H32N2O5. The van der Waals surface area contributed by atoms with Crippen molar-refractivity contribution in [2.45, 2.75) is 63.5 Å². The first-order valence-corrected chi connectivity index (χ1v) is 12.0. The van der Waals surface area contributed by atoms with Gasteiger partial charge >= 0.3 is 12.1 Å². The number of ether oxygens (including phenoxy) is 1. The van der Waals surface area contributed by atoms with Crippen LogP contribution in [0, 0.1) is 5.92 Å². The molecule has 2 aliphatic carbocycles. The predicted octanol–water partition coefficient (Wildman–Crippen LogP) is 4.45. The number of carboxylic acid groups (broad SMARTS) is 1. The Morgan fingerprint density at radius 2 is 1.65 bits per heavy atom. The summed E-state index contributed by atoms with van der Waals surface area (Å²) in [4.78, 5) is 37.4. The molecular weight excluding hydrogens is 432 g/mol. The molecule has 2 amide bonds. The first-order valence-electron chi connectivity index (χ1n) is 12.0. The smallest absolute Gasteiger partial charge is 0.408 e. The van der Waals surface area contributed by atoms with Gasteiger partial charge in [0.2, 0.25) is 5.91 Å². The van der Waals surface area contributed by atoms with Gasteiger partial charge in [0.05, 0.1) is 0 Å². The molecule has 1 fully saturated rings. The summed E-state index contributed by atoms with van der Waals surface area (Å²) in [5.74, 6) is -1.43. The Morgan fingerprint density at radius 1 is 1.06 bits per heavy atom. The second-order valence-electron chi connectivity index (χ2n) is 9.50. The van der Waals surface area contributed by atoms with Crippen LogP contribution >= 0.6 is 0 Å². The highest BCUT2D eigenvalue weighted by molar-refractivity contribution is 5.93. The third kappa shape index (κ3) is 4.65. The van der Waals surface area contributed by atoms with Crippen molar-refractivity contribution < 1.29 is 24.2 Å². The Morgan fingerprint density at radius 3 is 2.15 bits per heavy atom. The van der Waals surface area contributed by atoms with Crippen LogP contribution in [0.25, 0.3) is 11.1 Å². The Balaban J connectivity index is 1.40. The van der Waals surface area contributed by atoms with Crippen molar-refractivity contribution >= 4 is 18.0 Å². The van der Waals surface area contributed by atoms with Gasteiger partial charge in [0.1, 0.15) is 18.2 Å². The lowest BCUT2D eigenvalue weighted by Gasteiger charge is -2.41. The molecule has 180 valence electrons. The number of alkyl carbamates (subject to hydrolysis) is 1. The third-order valence-electron chi connectivity index (χ3n) is 7.27. The molecule has 2 aromatic rings. The Labute approximate surface area is 199 Å². The quantitative estimate of drug-likeness (QED) is 0.508. The van der Waals surface area contributed by atoms with Crippen LogP contribution in [0.15, 0.2) is 48.5 Å². The second kappa shape index (κ2) is 9.87. The van der Waals surface area contributed by atoms with Gasteiger partial charge in [-0.3, -0.25) is 4.79 Å². The molecule has 34 heavy (non-hydrogen) atoms. The van der Waals surface area contributed by atoms with Gasteiger partial charge in [-0.2, -0.15) is 0 Å². The van der Waals surface area contributed by atoms with Gasteiger partial charge in [0, 0.05) is 5.92 Å². The maximum atomic E-state index is 13.0. The van der Waals surface area contributed by atoms with E-state index >= 15 is 0 Å². The van der Waals surface area contributed by atoms with Crippen LogP contribution in [-0.2, 0) is 14.3 Å². The van der Waals surface area contributed by atoms with Crippen LogP contribution in [-0.4, -0.2) is 41.3 Å². The first-order chi connectivity index (χ1) is 16.3. The lowest BCUT2D eigenvalue weighted by molar-refractivity contribution is -0.144. The van der Waals surface area contributed by atoms with Crippen LogP contribution in [0.1, 0.15) is 63.0 Å². The molecule has 0 bridgehead atoms. The lowest BCUT2D eigenvalue weighted by atomic mass is 9.75. The van der Waals surface area contributed by atoms with Gasteiger partial charge in [0.25, 0.3) is 0 Å². The van der Waals surface area contributed by atoms with Crippen molar-refractivity contribution in [3.05, 3.63) is 59.7 Å². The topological polar surface area (TPSA) is 105 Å². The summed E-state index contributed by atoms with van der Waals surface area (Å²) in [7, 11) is 0. The highest BCUT2D eigenvalue weighted by atomic mass is 16.5. The van der Waals surface area contributed by atoms with Crippen LogP contribution in [0.4, 0.5) is 4.79 Å². The molecule has 7 nitrogen and oxygen atoms in total. The van der Waals surface area contributed by atoms with Crippen molar-refractivity contribution in [1.29, 1.82) is 0 Å². The van der Waals surface area contributed by atoms with E-state index in [0.717, 1.165) is 35.1 Å². The minimum atomic E-state index is -1.12. The number of nitrogens with one attached hydrogen (secondary N) is 2. The van der Waals surface area contributed by atoms with E-state index in [-0.39, 0.29) is 18.4 Å². The van der Waals surface area contributed by atoms with Crippen LogP contribution in [0.5, 0.6) is 0 Å². The number of rotatable bonds is 9. The number of carboxylic acids is 1. The molecule has 7 heteroatoms. The van der Waals surface area contributed by atoms with E-state index in [1.807, 2.05) is 50.2 Å². The Kier molecular flexibility index (Phi) is 6.91. The van der Waals surface area contributed by atoms with E-state index < -0.39 is 29.6 Å². The number of hydrogen-bond donors (Lipinski definition) is 3. The molecule has 1 saturated carbocycles. The monoisotopic (exact) mass is 464 g/mol.